The van der Waals surface area contributed by atoms with Crippen LogP contribution in [0.5, 0.6) is 11.5 Å². The first kappa shape index (κ1) is 21.3. The van der Waals surface area contributed by atoms with Gasteiger partial charge in [0.1, 0.15) is 28.2 Å². The van der Waals surface area contributed by atoms with Crippen molar-refractivity contribution in [3.63, 3.8) is 0 Å². The van der Waals surface area contributed by atoms with Crippen LogP contribution in [0.3, 0.4) is 0 Å². The number of benzene rings is 4. The summed E-state index contributed by atoms with van der Waals surface area (Å²) in [6.45, 7) is -0.476. The molecule has 4 aromatic carbocycles. The normalized spacial score (nSPS) is 11.0. The number of hydrogen-bond donors (Lipinski definition) is 1. The number of methoxy groups -OCH3 is 2. The molecule has 0 saturated heterocycles. The predicted octanol–water partition coefficient (Wildman–Crippen LogP) is 5.55. The van der Waals surface area contributed by atoms with Crippen LogP contribution < -0.4 is 14.8 Å². The van der Waals surface area contributed by atoms with Crippen LogP contribution in [-0.2, 0) is 9.53 Å². The van der Waals surface area contributed by atoms with E-state index >= 15 is 0 Å². The lowest BCUT2D eigenvalue weighted by molar-refractivity contribution is -0.119. The van der Waals surface area contributed by atoms with E-state index in [9.17, 15) is 9.59 Å². The Morgan fingerprint density at radius 3 is 2.26 bits per heavy atom. The molecule has 7 heteroatoms. The largest absolute Gasteiger partial charge is 0.496 e. The minimum Gasteiger partial charge on any atom is -0.496 e. The van der Waals surface area contributed by atoms with Crippen molar-refractivity contribution in [3.05, 3.63) is 78.4 Å². The van der Waals surface area contributed by atoms with Crippen LogP contribution in [0, 0.1) is 0 Å². The molecule has 7 nitrogen and oxygen atoms in total. The first-order chi connectivity index (χ1) is 16.6. The molecule has 5 rings (SSSR count). The molecule has 0 spiro atoms. The molecule has 170 valence electrons. The topological polar surface area (TPSA) is 87.0 Å². The Bertz CT molecular complexity index is 1550. The number of rotatable bonds is 6. The third-order valence-electron chi connectivity index (χ3n) is 5.60. The molecule has 0 fully saturated rings. The van der Waals surface area contributed by atoms with Gasteiger partial charge in [-0.3, -0.25) is 4.79 Å². The quantitative estimate of drug-likeness (QED) is 0.338. The Kier molecular flexibility index (Phi) is 5.51. The summed E-state index contributed by atoms with van der Waals surface area (Å²) in [4.78, 5) is 25.3. The fourth-order valence-electron chi connectivity index (χ4n) is 3.96. The van der Waals surface area contributed by atoms with E-state index in [-0.39, 0.29) is 5.56 Å². The van der Waals surface area contributed by atoms with Crippen molar-refractivity contribution in [3.8, 4) is 11.5 Å². The Morgan fingerprint density at radius 1 is 0.794 bits per heavy atom. The van der Waals surface area contributed by atoms with Gasteiger partial charge in [0.2, 0.25) is 0 Å². The second-order valence-electron chi connectivity index (χ2n) is 7.67. The number of carbonyl (C=O) groups excluding carboxylic acids is 2. The minimum absolute atomic E-state index is 0.246. The van der Waals surface area contributed by atoms with Gasteiger partial charge in [0.25, 0.3) is 5.91 Å². The number of fused-ring (bicyclic) bond motifs is 4. The van der Waals surface area contributed by atoms with Crippen molar-refractivity contribution >= 4 is 50.3 Å². The molecule has 0 saturated carbocycles. The SMILES string of the molecule is COc1cc2c(cc1NC(=O)COC(=O)c1cc3ccccc3cc1OC)oc1ccccc12. The maximum atomic E-state index is 12.7. The zero-order valence-corrected chi connectivity index (χ0v) is 18.6. The molecule has 0 aliphatic rings. The molecule has 1 aromatic heterocycles. The average molecular weight is 455 g/mol. The maximum Gasteiger partial charge on any atom is 0.342 e. The molecule has 0 aliphatic heterocycles. The second kappa shape index (κ2) is 8.78. The van der Waals surface area contributed by atoms with Gasteiger partial charge in [-0.2, -0.15) is 0 Å². The Morgan fingerprint density at radius 2 is 1.50 bits per heavy atom. The zero-order chi connectivity index (χ0) is 23.7. The summed E-state index contributed by atoms with van der Waals surface area (Å²) in [6, 6.07) is 22.2. The van der Waals surface area contributed by atoms with Crippen molar-refractivity contribution in [2.75, 3.05) is 26.1 Å². The van der Waals surface area contributed by atoms with Crippen LogP contribution in [0.2, 0.25) is 0 Å². The van der Waals surface area contributed by atoms with Gasteiger partial charge < -0.3 is 23.9 Å². The highest BCUT2D eigenvalue weighted by atomic mass is 16.5. The zero-order valence-electron chi connectivity index (χ0n) is 18.6. The van der Waals surface area contributed by atoms with Crippen molar-refractivity contribution in [2.45, 2.75) is 0 Å². The number of para-hydroxylation sites is 1. The lowest BCUT2D eigenvalue weighted by atomic mass is 10.1. The van der Waals surface area contributed by atoms with Crippen LogP contribution in [-0.4, -0.2) is 32.7 Å². The molecule has 0 aliphatic carbocycles. The molecule has 1 amide bonds. The summed E-state index contributed by atoms with van der Waals surface area (Å²) in [6.07, 6.45) is 0. The summed E-state index contributed by atoms with van der Waals surface area (Å²) in [5, 5.41) is 6.35. The van der Waals surface area contributed by atoms with Crippen molar-refractivity contribution < 1.29 is 28.2 Å². The van der Waals surface area contributed by atoms with Gasteiger partial charge in [-0.25, -0.2) is 4.79 Å². The lowest BCUT2D eigenvalue weighted by Crippen LogP contribution is -2.21. The number of carbonyl (C=O) groups is 2. The van der Waals surface area contributed by atoms with Gasteiger partial charge in [0, 0.05) is 16.8 Å². The maximum absolute atomic E-state index is 12.7. The third kappa shape index (κ3) is 3.88. The van der Waals surface area contributed by atoms with E-state index < -0.39 is 18.5 Å². The summed E-state index contributed by atoms with van der Waals surface area (Å²) < 4.78 is 22.0. The third-order valence-corrected chi connectivity index (χ3v) is 5.60. The molecule has 1 heterocycles. The van der Waals surface area contributed by atoms with Crippen molar-refractivity contribution in [1.82, 2.24) is 0 Å². The fraction of sp³-hybridized carbons (Fsp3) is 0.111. The summed E-state index contributed by atoms with van der Waals surface area (Å²) in [5.41, 5.74) is 2.00. The van der Waals surface area contributed by atoms with Crippen molar-refractivity contribution in [2.24, 2.45) is 0 Å². The number of nitrogens with one attached hydrogen (secondary N) is 1. The number of ether oxygens (including phenoxy) is 3. The molecule has 1 N–H and O–H groups in total. The monoisotopic (exact) mass is 455 g/mol. The highest BCUT2D eigenvalue weighted by Crippen LogP contribution is 2.36. The van der Waals surface area contributed by atoms with Gasteiger partial charge in [-0.1, -0.05) is 42.5 Å². The van der Waals surface area contributed by atoms with Gasteiger partial charge in [-0.05, 0) is 35.0 Å². The summed E-state index contributed by atoms with van der Waals surface area (Å²) in [5.74, 6) is -0.324. The Balaban J connectivity index is 1.34. The first-order valence-electron chi connectivity index (χ1n) is 10.6. The molecule has 0 bridgehead atoms. The van der Waals surface area contributed by atoms with Gasteiger partial charge in [0.05, 0.1) is 19.9 Å². The number of esters is 1. The van der Waals surface area contributed by atoms with Crippen LogP contribution >= 0.6 is 0 Å². The minimum atomic E-state index is -0.655. The Hall–Kier alpha value is -4.52. The van der Waals surface area contributed by atoms with E-state index in [0.717, 1.165) is 27.1 Å². The van der Waals surface area contributed by atoms with Crippen LogP contribution in [0.1, 0.15) is 10.4 Å². The summed E-state index contributed by atoms with van der Waals surface area (Å²) in [7, 11) is 3.00. The van der Waals surface area contributed by atoms with Crippen molar-refractivity contribution in [1.29, 1.82) is 0 Å². The van der Waals surface area contributed by atoms with Gasteiger partial charge in [0.15, 0.2) is 6.61 Å². The second-order valence-corrected chi connectivity index (χ2v) is 7.67. The molecule has 34 heavy (non-hydrogen) atoms. The predicted molar refractivity (Wildman–Crippen MR) is 130 cm³/mol. The van der Waals surface area contributed by atoms with Gasteiger partial charge >= 0.3 is 5.97 Å². The number of hydrogen-bond acceptors (Lipinski definition) is 6. The lowest BCUT2D eigenvalue weighted by Gasteiger charge is -2.12. The fourth-order valence-corrected chi connectivity index (χ4v) is 3.96. The molecule has 0 unspecified atom stereocenters. The van der Waals surface area contributed by atoms with E-state index in [1.165, 1.54) is 14.2 Å². The Labute approximate surface area is 194 Å². The molecular formula is C27H21NO6. The van der Waals surface area contributed by atoms with E-state index in [2.05, 4.69) is 5.32 Å². The first-order valence-corrected chi connectivity index (χ1v) is 10.6. The van der Waals surface area contributed by atoms with E-state index in [1.807, 2.05) is 54.6 Å². The van der Waals surface area contributed by atoms with Crippen LogP contribution in [0.4, 0.5) is 5.69 Å². The molecule has 5 aromatic rings. The van der Waals surface area contributed by atoms with E-state index in [0.29, 0.717) is 22.8 Å². The standard InChI is InChI=1S/C27H21NO6/c1-31-23-12-17-8-4-3-7-16(17)11-20(23)27(30)33-15-26(29)28-21-14-24-19(13-25(21)32-2)18-9-5-6-10-22(18)34-24/h3-14H,15H2,1-2H3,(H,28,29). The average Bonchev–Trinajstić information content (AvgIpc) is 3.23. The molecular weight excluding hydrogens is 434 g/mol. The molecule has 0 atom stereocenters. The van der Waals surface area contributed by atoms with Crippen LogP contribution in [0.25, 0.3) is 32.7 Å². The highest BCUT2D eigenvalue weighted by molar-refractivity contribution is 6.08. The van der Waals surface area contributed by atoms with E-state index in [4.69, 9.17) is 18.6 Å². The number of furan rings is 1. The highest BCUT2D eigenvalue weighted by Gasteiger charge is 2.18. The number of amides is 1. The number of anilines is 1. The van der Waals surface area contributed by atoms with Gasteiger partial charge in [-0.15, -0.1) is 0 Å². The van der Waals surface area contributed by atoms with Crippen LogP contribution in [0.15, 0.2) is 77.2 Å². The smallest absolute Gasteiger partial charge is 0.342 e. The summed E-state index contributed by atoms with van der Waals surface area (Å²) >= 11 is 0. The molecule has 0 radical (unpaired) electrons. The van der Waals surface area contributed by atoms with E-state index in [1.54, 1.807) is 18.2 Å².